The molecule has 0 fully saturated rings. The van der Waals surface area contributed by atoms with Gasteiger partial charge in [0.05, 0.1) is 0 Å². The van der Waals surface area contributed by atoms with E-state index in [9.17, 15) is 0 Å². The molecule has 0 heteroatoms. The van der Waals surface area contributed by atoms with Crippen LogP contribution in [0.2, 0.25) is 0 Å². The fraction of sp³-hybridized carbons (Fsp3) is 0.200. The molecule has 0 atom stereocenters. The van der Waals surface area contributed by atoms with E-state index in [0.717, 1.165) is 5.56 Å². The van der Waals surface area contributed by atoms with E-state index < -0.39 is 0 Å². The van der Waals surface area contributed by atoms with Crippen molar-refractivity contribution < 1.29 is 0 Å². The van der Waals surface area contributed by atoms with Crippen molar-refractivity contribution in [2.45, 2.75) is 20.8 Å². The van der Waals surface area contributed by atoms with E-state index in [1.807, 2.05) is 19.1 Å². The fourth-order valence-electron chi connectivity index (χ4n) is 1.77. The minimum absolute atomic E-state index is 1.15. The van der Waals surface area contributed by atoms with Crippen LogP contribution in [0.1, 0.15) is 34.7 Å². The summed E-state index contributed by atoms with van der Waals surface area (Å²) in [6, 6.07) is 2.16. The summed E-state index contributed by atoms with van der Waals surface area (Å²) in [5.74, 6) is 0. The first-order valence-electron chi connectivity index (χ1n) is 5.17. The van der Waals surface area contributed by atoms with E-state index in [0.29, 0.717) is 0 Å². The summed E-state index contributed by atoms with van der Waals surface area (Å²) in [6.07, 6.45) is 7.98. The summed E-state index contributed by atoms with van der Waals surface area (Å²) >= 11 is 0. The topological polar surface area (TPSA) is 0 Å². The molecule has 0 amide bonds. The second kappa shape index (κ2) is 4.79. The van der Waals surface area contributed by atoms with E-state index in [1.54, 1.807) is 0 Å². The van der Waals surface area contributed by atoms with Crippen molar-refractivity contribution in [1.82, 2.24) is 0 Å². The van der Waals surface area contributed by atoms with Gasteiger partial charge in [0, 0.05) is 0 Å². The molecule has 1 rings (SSSR count). The first kappa shape index (κ1) is 11.5. The van der Waals surface area contributed by atoms with Gasteiger partial charge in [-0.05, 0) is 48.6 Å². The van der Waals surface area contributed by atoms with Gasteiger partial charge in [0.2, 0.25) is 0 Å². The van der Waals surface area contributed by atoms with E-state index in [-0.39, 0.29) is 0 Å². The van der Waals surface area contributed by atoms with Gasteiger partial charge >= 0.3 is 0 Å². The molecule has 0 saturated heterocycles. The second-order valence-electron chi connectivity index (χ2n) is 3.64. The van der Waals surface area contributed by atoms with Crippen molar-refractivity contribution in [2.75, 3.05) is 0 Å². The first-order chi connectivity index (χ1) is 7.15. The standard InChI is InChI=1S/C15H18/c1-6-9-15-12(5)11(4)10-13(7-2)14(15)8-3/h6-10H,2-3H2,1,4-5H3/b9-6-. The Labute approximate surface area is 92.6 Å². The van der Waals surface area contributed by atoms with Gasteiger partial charge in [0.15, 0.2) is 0 Å². The average molecular weight is 198 g/mol. The third-order valence-electron chi connectivity index (χ3n) is 2.73. The van der Waals surface area contributed by atoms with Crippen LogP contribution < -0.4 is 0 Å². The number of benzene rings is 1. The molecule has 78 valence electrons. The number of rotatable bonds is 3. The average Bonchev–Trinajstić information content (AvgIpc) is 2.24. The molecule has 1 aromatic carbocycles. The molecule has 0 bridgehead atoms. The predicted octanol–water partition coefficient (Wildman–Crippen LogP) is 4.62. The Hall–Kier alpha value is -1.56. The summed E-state index contributed by atoms with van der Waals surface area (Å²) in [5.41, 5.74) is 6.19. The molecular weight excluding hydrogens is 180 g/mol. The predicted molar refractivity (Wildman–Crippen MR) is 70.8 cm³/mol. The minimum Gasteiger partial charge on any atom is -0.0984 e. The monoisotopic (exact) mass is 198 g/mol. The zero-order valence-electron chi connectivity index (χ0n) is 9.80. The Bertz CT molecular complexity index is 420. The van der Waals surface area contributed by atoms with Crippen LogP contribution in [-0.2, 0) is 0 Å². The van der Waals surface area contributed by atoms with Crippen LogP contribution in [0.4, 0.5) is 0 Å². The maximum Gasteiger partial charge on any atom is -0.0115 e. The second-order valence-corrected chi connectivity index (χ2v) is 3.64. The van der Waals surface area contributed by atoms with Gasteiger partial charge in [-0.3, -0.25) is 0 Å². The summed E-state index contributed by atoms with van der Waals surface area (Å²) < 4.78 is 0. The third kappa shape index (κ3) is 2.10. The van der Waals surface area contributed by atoms with Crippen LogP contribution >= 0.6 is 0 Å². The van der Waals surface area contributed by atoms with Crippen LogP contribution in [0.25, 0.3) is 18.2 Å². The molecular formula is C15H18. The van der Waals surface area contributed by atoms with Crippen molar-refractivity contribution in [1.29, 1.82) is 0 Å². The SMILES string of the molecule is C=Cc1cc(C)c(C)c(/C=C\C)c1C=C. The highest BCUT2D eigenvalue weighted by atomic mass is 14.1. The molecule has 0 spiro atoms. The Balaban J connectivity index is 3.63. The van der Waals surface area contributed by atoms with E-state index in [1.165, 1.54) is 22.3 Å². The molecule has 1 aromatic rings. The Morgan fingerprint density at radius 2 is 1.73 bits per heavy atom. The Morgan fingerprint density at radius 3 is 2.20 bits per heavy atom. The molecule has 0 nitrogen and oxygen atoms in total. The van der Waals surface area contributed by atoms with Gasteiger partial charge in [-0.1, -0.05) is 43.5 Å². The quantitative estimate of drug-likeness (QED) is 0.664. The van der Waals surface area contributed by atoms with E-state index in [4.69, 9.17) is 0 Å². The normalized spacial score (nSPS) is 10.6. The van der Waals surface area contributed by atoms with Crippen LogP contribution in [0.3, 0.4) is 0 Å². The molecule has 15 heavy (non-hydrogen) atoms. The highest BCUT2D eigenvalue weighted by Gasteiger charge is 2.07. The highest BCUT2D eigenvalue weighted by Crippen LogP contribution is 2.25. The van der Waals surface area contributed by atoms with Gasteiger partial charge in [-0.25, -0.2) is 0 Å². The molecule has 0 aliphatic carbocycles. The number of hydrogen-bond donors (Lipinski definition) is 0. The van der Waals surface area contributed by atoms with Crippen LogP contribution in [0.15, 0.2) is 25.3 Å². The number of allylic oxidation sites excluding steroid dienone is 1. The lowest BCUT2D eigenvalue weighted by molar-refractivity contribution is 1.31. The smallest absolute Gasteiger partial charge is 0.0115 e. The molecule has 0 aromatic heterocycles. The molecule has 0 saturated carbocycles. The van der Waals surface area contributed by atoms with Crippen LogP contribution in [0, 0.1) is 13.8 Å². The molecule has 0 aliphatic heterocycles. The lowest BCUT2D eigenvalue weighted by Crippen LogP contribution is -1.94. The van der Waals surface area contributed by atoms with Gasteiger partial charge < -0.3 is 0 Å². The Morgan fingerprint density at radius 1 is 1.07 bits per heavy atom. The van der Waals surface area contributed by atoms with Gasteiger partial charge in [0.25, 0.3) is 0 Å². The van der Waals surface area contributed by atoms with Gasteiger partial charge in [-0.2, -0.15) is 0 Å². The summed E-state index contributed by atoms with van der Waals surface area (Å²) in [6.45, 7) is 14.0. The Kier molecular flexibility index (Phi) is 3.68. The number of hydrogen-bond acceptors (Lipinski definition) is 0. The largest absolute Gasteiger partial charge is 0.0984 e. The molecule has 0 aliphatic rings. The first-order valence-corrected chi connectivity index (χ1v) is 5.17. The van der Waals surface area contributed by atoms with Crippen molar-refractivity contribution >= 4 is 18.2 Å². The van der Waals surface area contributed by atoms with Crippen molar-refractivity contribution in [2.24, 2.45) is 0 Å². The fourth-order valence-corrected chi connectivity index (χ4v) is 1.77. The van der Waals surface area contributed by atoms with Crippen LogP contribution in [0.5, 0.6) is 0 Å². The molecule has 0 unspecified atom stereocenters. The maximum absolute atomic E-state index is 3.87. The van der Waals surface area contributed by atoms with E-state index in [2.05, 4.69) is 45.2 Å². The minimum atomic E-state index is 1.15. The summed E-state index contributed by atoms with van der Waals surface area (Å²) in [5, 5.41) is 0. The lowest BCUT2D eigenvalue weighted by Gasteiger charge is -2.12. The van der Waals surface area contributed by atoms with Gasteiger partial charge in [-0.15, -0.1) is 0 Å². The summed E-state index contributed by atoms with van der Waals surface area (Å²) in [7, 11) is 0. The van der Waals surface area contributed by atoms with E-state index >= 15 is 0 Å². The zero-order valence-corrected chi connectivity index (χ0v) is 9.80. The maximum atomic E-state index is 3.87. The highest BCUT2D eigenvalue weighted by molar-refractivity contribution is 5.75. The van der Waals surface area contributed by atoms with Crippen molar-refractivity contribution in [3.05, 3.63) is 53.1 Å². The molecule has 0 radical (unpaired) electrons. The lowest BCUT2D eigenvalue weighted by atomic mass is 9.92. The van der Waals surface area contributed by atoms with Crippen molar-refractivity contribution in [3.63, 3.8) is 0 Å². The van der Waals surface area contributed by atoms with Crippen molar-refractivity contribution in [3.8, 4) is 0 Å². The molecule has 0 heterocycles. The van der Waals surface area contributed by atoms with Gasteiger partial charge in [0.1, 0.15) is 0 Å². The third-order valence-corrected chi connectivity index (χ3v) is 2.73. The van der Waals surface area contributed by atoms with Crippen LogP contribution in [-0.4, -0.2) is 0 Å². The summed E-state index contributed by atoms with van der Waals surface area (Å²) in [4.78, 5) is 0. The number of aryl methyl sites for hydroxylation is 1. The zero-order chi connectivity index (χ0) is 11.4. The molecule has 0 N–H and O–H groups in total.